The highest BCUT2D eigenvalue weighted by atomic mass is 32.1. The van der Waals surface area contributed by atoms with Crippen molar-refractivity contribution in [2.24, 2.45) is 0 Å². The molecule has 0 saturated carbocycles. The van der Waals surface area contributed by atoms with Crippen LogP contribution in [0.5, 0.6) is 5.75 Å². The van der Waals surface area contributed by atoms with Crippen LogP contribution in [-0.2, 0) is 0 Å². The van der Waals surface area contributed by atoms with E-state index in [-0.39, 0.29) is 6.10 Å². The molecule has 0 aliphatic rings. The maximum atomic E-state index is 10.3. The van der Waals surface area contributed by atoms with E-state index in [9.17, 15) is 5.11 Å². The van der Waals surface area contributed by atoms with Gasteiger partial charge in [0.1, 0.15) is 11.9 Å². The summed E-state index contributed by atoms with van der Waals surface area (Å²) >= 11 is 1.62. The molecule has 0 spiro atoms. The SMILES string of the molecule is Cc1ccc(C(O)c2cccc(OC(C)C)c2)s1. The third-order valence-electron chi connectivity index (χ3n) is 2.58. The van der Waals surface area contributed by atoms with E-state index >= 15 is 0 Å². The highest BCUT2D eigenvalue weighted by Crippen LogP contribution is 2.29. The summed E-state index contributed by atoms with van der Waals surface area (Å²) < 4.78 is 5.64. The van der Waals surface area contributed by atoms with Gasteiger partial charge in [-0.2, -0.15) is 0 Å². The summed E-state index contributed by atoms with van der Waals surface area (Å²) in [5.41, 5.74) is 0.870. The van der Waals surface area contributed by atoms with Gasteiger partial charge < -0.3 is 9.84 Å². The number of hydrogen-bond donors (Lipinski definition) is 1. The summed E-state index contributed by atoms with van der Waals surface area (Å²) in [5.74, 6) is 0.801. The van der Waals surface area contributed by atoms with Crippen molar-refractivity contribution in [3.05, 3.63) is 51.7 Å². The largest absolute Gasteiger partial charge is 0.491 e. The van der Waals surface area contributed by atoms with E-state index in [1.54, 1.807) is 11.3 Å². The predicted octanol–water partition coefficient (Wildman–Crippen LogP) is 3.93. The second kappa shape index (κ2) is 5.55. The van der Waals surface area contributed by atoms with E-state index in [4.69, 9.17) is 4.74 Å². The van der Waals surface area contributed by atoms with E-state index in [1.165, 1.54) is 4.88 Å². The van der Waals surface area contributed by atoms with Crippen LogP contribution in [0.15, 0.2) is 36.4 Å². The van der Waals surface area contributed by atoms with Gasteiger partial charge in [-0.25, -0.2) is 0 Å². The van der Waals surface area contributed by atoms with Gasteiger partial charge in [0.2, 0.25) is 0 Å². The number of hydrogen-bond acceptors (Lipinski definition) is 3. The van der Waals surface area contributed by atoms with Crippen LogP contribution in [0.2, 0.25) is 0 Å². The Labute approximate surface area is 112 Å². The Balaban J connectivity index is 2.22. The van der Waals surface area contributed by atoms with Crippen LogP contribution < -0.4 is 4.74 Å². The van der Waals surface area contributed by atoms with Crippen molar-refractivity contribution in [1.82, 2.24) is 0 Å². The average Bonchev–Trinajstić information content (AvgIpc) is 2.74. The Morgan fingerprint density at radius 3 is 2.56 bits per heavy atom. The Kier molecular flexibility index (Phi) is 4.04. The number of ether oxygens (including phenoxy) is 1. The molecule has 0 aliphatic heterocycles. The summed E-state index contributed by atoms with van der Waals surface area (Å²) in [6.45, 7) is 6.02. The van der Waals surface area contributed by atoms with Crippen LogP contribution in [0.25, 0.3) is 0 Å². The molecule has 0 aliphatic carbocycles. The highest BCUT2D eigenvalue weighted by Gasteiger charge is 2.13. The van der Waals surface area contributed by atoms with Crippen LogP contribution in [0.3, 0.4) is 0 Å². The van der Waals surface area contributed by atoms with Crippen molar-refractivity contribution in [3.63, 3.8) is 0 Å². The molecule has 0 bridgehead atoms. The fourth-order valence-corrected chi connectivity index (χ4v) is 2.69. The van der Waals surface area contributed by atoms with Crippen LogP contribution in [0.1, 0.15) is 35.3 Å². The molecular formula is C15H18O2S. The minimum absolute atomic E-state index is 0.140. The molecule has 1 heterocycles. The van der Waals surface area contributed by atoms with Crippen LogP contribution in [0, 0.1) is 6.92 Å². The van der Waals surface area contributed by atoms with E-state index in [0.29, 0.717) is 0 Å². The zero-order valence-electron chi connectivity index (χ0n) is 10.9. The first kappa shape index (κ1) is 13.1. The average molecular weight is 262 g/mol. The van der Waals surface area contributed by atoms with Gasteiger partial charge in [-0.15, -0.1) is 11.3 Å². The number of rotatable bonds is 4. The molecule has 2 aromatic rings. The summed E-state index contributed by atoms with van der Waals surface area (Å²) in [6, 6.07) is 11.7. The molecule has 18 heavy (non-hydrogen) atoms. The maximum Gasteiger partial charge on any atom is 0.120 e. The van der Waals surface area contributed by atoms with Gasteiger partial charge in [0.15, 0.2) is 0 Å². The second-order valence-electron chi connectivity index (χ2n) is 4.59. The molecule has 1 N–H and O–H groups in total. The Morgan fingerprint density at radius 2 is 1.94 bits per heavy atom. The summed E-state index contributed by atoms with van der Waals surface area (Å²) in [6.07, 6.45) is -0.430. The lowest BCUT2D eigenvalue weighted by Crippen LogP contribution is -2.06. The van der Waals surface area contributed by atoms with E-state index in [2.05, 4.69) is 0 Å². The van der Waals surface area contributed by atoms with Crippen molar-refractivity contribution >= 4 is 11.3 Å². The third-order valence-corrected chi connectivity index (χ3v) is 3.63. The zero-order valence-corrected chi connectivity index (χ0v) is 11.7. The van der Waals surface area contributed by atoms with Crippen molar-refractivity contribution in [2.75, 3.05) is 0 Å². The number of aliphatic hydroxyl groups is 1. The van der Waals surface area contributed by atoms with Crippen LogP contribution in [0.4, 0.5) is 0 Å². The number of aliphatic hydroxyl groups excluding tert-OH is 1. The molecule has 2 rings (SSSR count). The smallest absolute Gasteiger partial charge is 0.120 e. The highest BCUT2D eigenvalue weighted by molar-refractivity contribution is 7.12. The van der Waals surface area contributed by atoms with Gasteiger partial charge in [-0.3, -0.25) is 0 Å². The minimum Gasteiger partial charge on any atom is -0.491 e. The number of aryl methyl sites for hydroxylation is 1. The Hall–Kier alpha value is -1.32. The first-order valence-electron chi connectivity index (χ1n) is 6.07. The fourth-order valence-electron chi connectivity index (χ4n) is 1.79. The Morgan fingerprint density at radius 1 is 1.17 bits per heavy atom. The van der Waals surface area contributed by atoms with E-state index < -0.39 is 6.10 Å². The standard InChI is InChI=1S/C15H18O2S/c1-10(2)17-13-6-4-5-12(9-13)15(16)14-8-7-11(3)18-14/h4-10,15-16H,1-3H3. The van der Waals surface area contributed by atoms with Gasteiger partial charge in [0.05, 0.1) is 6.10 Å². The lowest BCUT2D eigenvalue weighted by atomic mass is 10.1. The van der Waals surface area contributed by atoms with Gasteiger partial charge in [-0.05, 0) is 50.6 Å². The molecule has 3 heteroatoms. The molecule has 1 aromatic carbocycles. The van der Waals surface area contributed by atoms with E-state index in [0.717, 1.165) is 16.2 Å². The molecule has 0 fully saturated rings. The van der Waals surface area contributed by atoms with Crippen molar-refractivity contribution in [1.29, 1.82) is 0 Å². The van der Waals surface area contributed by atoms with Crippen molar-refractivity contribution < 1.29 is 9.84 Å². The normalized spacial score (nSPS) is 12.7. The summed E-state index contributed by atoms with van der Waals surface area (Å²) in [4.78, 5) is 2.17. The molecule has 1 aromatic heterocycles. The van der Waals surface area contributed by atoms with Crippen molar-refractivity contribution in [2.45, 2.75) is 33.0 Å². The van der Waals surface area contributed by atoms with Crippen LogP contribution in [-0.4, -0.2) is 11.2 Å². The first-order chi connectivity index (χ1) is 8.56. The van der Waals surface area contributed by atoms with Gasteiger partial charge in [-0.1, -0.05) is 12.1 Å². The molecule has 0 amide bonds. The molecule has 1 unspecified atom stereocenters. The molecule has 0 saturated heterocycles. The van der Waals surface area contributed by atoms with Crippen LogP contribution >= 0.6 is 11.3 Å². The van der Waals surface area contributed by atoms with Gasteiger partial charge >= 0.3 is 0 Å². The lowest BCUT2D eigenvalue weighted by Gasteiger charge is -2.13. The topological polar surface area (TPSA) is 29.5 Å². The van der Waals surface area contributed by atoms with Crippen molar-refractivity contribution in [3.8, 4) is 5.75 Å². The molecular weight excluding hydrogens is 244 g/mol. The molecule has 96 valence electrons. The first-order valence-corrected chi connectivity index (χ1v) is 6.89. The second-order valence-corrected chi connectivity index (χ2v) is 5.91. The Bertz CT molecular complexity index is 517. The molecule has 2 nitrogen and oxygen atoms in total. The van der Waals surface area contributed by atoms with Gasteiger partial charge in [0.25, 0.3) is 0 Å². The summed E-state index contributed by atoms with van der Waals surface area (Å²) in [5, 5.41) is 10.3. The van der Waals surface area contributed by atoms with E-state index in [1.807, 2.05) is 57.2 Å². The monoisotopic (exact) mass is 262 g/mol. The van der Waals surface area contributed by atoms with Gasteiger partial charge in [0, 0.05) is 9.75 Å². The fraction of sp³-hybridized carbons (Fsp3) is 0.333. The molecule has 0 radical (unpaired) electrons. The third kappa shape index (κ3) is 3.12. The minimum atomic E-state index is -0.570. The lowest BCUT2D eigenvalue weighted by molar-refractivity contribution is 0.220. The zero-order chi connectivity index (χ0) is 13.1. The number of thiophene rings is 1. The molecule has 1 atom stereocenters. The quantitative estimate of drug-likeness (QED) is 0.904. The number of benzene rings is 1. The predicted molar refractivity (Wildman–Crippen MR) is 75.3 cm³/mol. The maximum absolute atomic E-state index is 10.3. The summed E-state index contributed by atoms with van der Waals surface area (Å²) in [7, 11) is 0.